The summed E-state index contributed by atoms with van der Waals surface area (Å²) in [7, 11) is 0. The number of aliphatic hydroxyl groups excluding tert-OH is 1. The van der Waals surface area contributed by atoms with Gasteiger partial charge in [-0.05, 0) is 0 Å². The van der Waals surface area contributed by atoms with Crippen LogP contribution in [0.5, 0.6) is 0 Å². The molecule has 0 aromatic carbocycles. The Labute approximate surface area is 79.0 Å². The molecule has 0 amide bonds. The van der Waals surface area contributed by atoms with Crippen LogP contribution in [0.2, 0.25) is 0 Å². The molecule has 11 heavy (non-hydrogen) atoms. The van der Waals surface area contributed by atoms with Crippen LogP contribution in [0.1, 0.15) is 45.4 Å². The maximum atomic E-state index is 10.3. The van der Waals surface area contributed by atoms with Crippen LogP contribution in [-0.2, 0) is 3.08 Å². The Bertz CT molecular complexity index is 96.1. The zero-order valence-corrected chi connectivity index (χ0v) is 10.5. The molecule has 66 valence electrons. The van der Waals surface area contributed by atoms with Crippen molar-refractivity contribution in [3.63, 3.8) is 0 Å². The molecule has 0 aromatic heterocycles. The molecule has 1 unspecified atom stereocenters. The van der Waals surface area contributed by atoms with Crippen LogP contribution < -0.4 is 0 Å². The first-order valence-corrected chi connectivity index (χ1v) is 7.69. The van der Waals surface area contributed by atoms with Crippen molar-refractivity contribution in [1.82, 2.24) is 0 Å². The van der Waals surface area contributed by atoms with Crippen LogP contribution >= 0.6 is 0 Å². The van der Waals surface area contributed by atoms with Crippen LogP contribution in [0.4, 0.5) is 0 Å². The molecule has 1 atom stereocenters. The van der Waals surface area contributed by atoms with Gasteiger partial charge < -0.3 is 0 Å². The first kappa shape index (κ1) is 11.6. The predicted molar refractivity (Wildman–Crippen MR) is 47.2 cm³/mol. The molecule has 0 bridgehead atoms. The van der Waals surface area contributed by atoms with Gasteiger partial charge in [-0.25, -0.2) is 0 Å². The first-order valence-electron chi connectivity index (χ1n) is 4.44. The summed E-state index contributed by atoms with van der Waals surface area (Å²) in [5, 5.41) is 8.99. The minimum atomic E-state index is -1.78. The molecule has 0 aliphatic carbocycles. The normalized spacial score (nSPS) is 12.9. The van der Waals surface area contributed by atoms with Gasteiger partial charge in [0.2, 0.25) is 0 Å². The molecule has 0 saturated carbocycles. The van der Waals surface area contributed by atoms with Gasteiger partial charge in [0, 0.05) is 0 Å². The van der Waals surface area contributed by atoms with Crippen LogP contribution in [-0.4, -0.2) is 30.4 Å². The summed E-state index contributed by atoms with van der Waals surface area (Å²) in [6.07, 6.45) is 6.81. The quantitative estimate of drug-likeness (QED) is 0.558. The summed E-state index contributed by atoms with van der Waals surface area (Å²) in [4.78, 5) is 0. The molecule has 0 aromatic rings. The predicted octanol–water partition coefficient (Wildman–Crippen LogP) is 1.45. The van der Waals surface area contributed by atoms with Crippen molar-refractivity contribution in [2.24, 2.45) is 0 Å². The van der Waals surface area contributed by atoms with Crippen LogP contribution in [0.25, 0.3) is 0 Å². The van der Waals surface area contributed by atoms with E-state index in [0.29, 0.717) is 0 Å². The zero-order valence-electron chi connectivity index (χ0n) is 7.25. The Morgan fingerprint density at radius 3 is 2.45 bits per heavy atom. The second-order valence-electron chi connectivity index (χ2n) is 2.91. The molecule has 0 radical (unpaired) electrons. The second-order valence-corrected chi connectivity index (χ2v) is 5.88. The number of aliphatic hydroxyl groups is 1. The SMILES string of the molecule is CCCCCCC[CH](O)[SnH]=[O]. The van der Waals surface area contributed by atoms with Crippen molar-refractivity contribution in [2.45, 2.75) is 49.6 Å². The summed E-state index contributed by atoms with van der Waals surface area (Å²) in [6, 6.07) is 0. The minimum absolute atomic E-state index is 0.410. The molecule has 0 saturated heterocycles. The standard InChI is InChI=1S/C8H17O.O.Sn.H/c1-2-3-4-5-6-7-8-9;;;/h8-9H,2-7H2,1H3;;;. The van der Waals surface area contributed by atoms with E-state index >= 15 is 0 Å². The van der Waals surface area contributed by atoms with Crippen molar-refractivity contribution < 1.29 is 8.18 Å². The van der Waals surface area contributed by atoms with E-state index in [2.05, 4.69) is 6.92 Å². The van der Waals surface area contributed by atoms with Crippen molar-refractivity contribution in [2.75, 3.05) is 0 Å². The number of unbranched alkanes of at least 4 members (excludes halogenated alkanes) is 4. The Hall–Kier alpha value is 0.559. The van der Waals surface area contributed by atoms with E-state index in [4.69, 9.17) is 5.11 Å². The fraction of sp³-hybridized carbons (Fsp3) is 1.00. The molecular weight excluding hydrogens is 247 g/mol. The first-order chi connectivity index (χ1) is 5.31. The molecule has 0 aliphatic heterocycles. The number of hydrogen-bond donors (Lipinski definition) is 1. The van der Waals surface area contributed by atoms with Gasteiger partial charge in [0.25, 0.3) is 0 Å². The molecular formula is C8H18O2Sn. The number of rotatable bonds is 7. The summed E-state index contributed by atoms with van der Waals surface area (Å²) < 4.78 is 9.88. The van der Waals surface area contributed by atoms with E-state index in [-0.39, 0.29) is 0 Å². The summed E-state index contributed by atoms with van der Waals surface area (Å²) in [6.45, 7) is 2.18. The van der Waals surface area contributed by atoms with Crippen molar-refractivity contribution in [3.05, 3.63) is 0 Å². The van der Waals surface area contributed by atoms with E-state index in [1.165, 1.54) is 25.7 Å². The molecule has 0 rings (SSSR count). The monoisotopic (exact) mass is 266 g/mol. The third kappa shape index (κ3) is 8.47. The van der Waals surface area contributed by atoms with Gasteiger partial charge >= 0.3 is 78.9 Å². The van der Waals surface area contributed by atoms with E-state index in [0.717, 1.165) is 12.8 Å². The number of hydrogen-bond acceptors (Lipinski definition) is 2. The zero-order chi connectivity index (χ0) is 8.53. The molecule has 3 heteroatoms. The van der Waals surface area contributed by atoms with Gasteiger partial charge in [0.15, 0.2) is 0 Å². The van der Waals surface area contributed by atoms with Crippen LogP contribution in [0.15, 0.2) is 0 Å². The maximum absolute atomic E-state index is 10.3. The van der Waals surface area contributed by atoms with Crippen molar-refractivity contribution in [1.29, 1.82) is 0 Å². The van der Waals surface area contributed by atoms with Gasteiger partial charge in [-0.15, -0.1) is 0 Å². The van der Waals surface area contributed by atoms with Gasteiger partial charge in [-0.2, -0.15) is 0 Å². The summed E-state index contributed by atoms with van der Waals surface area (Å²) in [5.41, 5.74) is 0. The fourth-order valence-electron chi connectivity index (χ4n) is 1.03. The summed E-state index contributed by atoms with van der Waals surface area (Å²) in [5.74, 6) is 0. The van der Waals surface area contributed by atoms with Gasteiger partial charge in [0.1, 0.15) is 0 Å². The Morgan fingerprint density at radius 2 is 1.91 bits per heavy atom. The topological polar surface area (TPSA) is 37.3 Å². The average molecular weight is 265 g/mol. The molecule has 0 fully saturated rings. The molecule has 0 heterocycles. The fourth-order valence-corrected chi connectivity index (χ4v) is 2.09. The molecule has 0 spiro atoms. The molecule has 1 N–H and O–H groups in total. The van der Waals surface area contributed by atoms with E-state index in [1.54, 1.807) is 0 Å². The summed E-state index contributed by atoms with van der Waals surface area (Å²) >= 11 is -1.78. The van der Waals surface area contributed by atoms with Gasteiger partial charge in [-0.3, -0.25) is 0 Å². The Balaban J connectivity index is 2.95. The van der Waals surface area contributed by atoms with Crippen molar-refractivity contribution in [3.8, 4) is 0 Å². The van der Waals surface area contributed by atoms with Crippen LogP contribution in [0.3, 0.4) is 0 Å². The van der Waals surface area contributed by atoms with Crippen LogP contribution in [0, 0.1) is 0 Å². The van der Waals surface area contributed by atoms with E-state index in [1.807, 2.05) is 0 Å². The van der Waals surface area contributed by atoms with Gasteiger partial charge in [0.05, 0.1) is 0 Å². The Morgan fingerprint density at radius 1 is 1.27 bits per heavy atom. The Kier molecular flexibility index (Phi) is 9.09. The third-order valence-corrected chi connectivity index (χ3v) is 3.61. The van der Waals surface area contributed by atoms with E-state index in [9.17, 15) is 3.08 Å². The van der Waals surface area contributed by atoms with Crippen molar-refractivity contribution >= 4 is 21.1 Å². The van der Waals surface area contributed by atoms with Gasteiger partial charge in [-0.1, -0.05) is 0 Å². The second kappa shape index (κ2) is 8.65. The third-order valence-electron chi connectivity index (χ3n) is 1.76. The van der Waals surface area contributed by atoms with E-state index < -0.39 is 25.2 Å². The molecule has 0 aliphatic rings. The molecule has 2 nitrogen and oxygen atoms in total. The average Bonchev–Trinajstić information content (AvgIpc) is 2.04.